The summed E-state index contributed by atoms with van der Waals surface area (Å²) < 4.78 is 29.7. The highest BCUT2D eigenvalue weighted by atomic mass is 32.2. The predicted octanol–water partition coefficient (Wildman–Crippen LogP) is 5.99. The van der Waals surface area contributed by atoms with E-state index in [0.29, 0.717) is 62.7 Å². The Kier molecular flexibility index (Phi) is 10.3. The number of amides is 2. The van der Waals surface area contributed by atoms with Gasteiger partial charge in [0.2, 0.25) is 0 Å². The normalized spacial score (nSPS) is 14.6. The Morgan fingerprint density at radius 3 is 2.58 bits per heavy atom. The fraction of sp³-hybridized carbons (Fsp3) is 0.188. The van der Waals surface area contributed by atoms with Gasteiger partial charge in [-0.25, -0.2) is 14.2 Å². The van der Waals surface area contributed by atoms with E-state index in [1.165, 1.54) is 48.0 Å². The van der Waals surface area contributed by atoms with Gasteiger partial charge >= 0.3 is 5.97 Å². The third-order valence-corrected chi connectivity index (χ3v) is 7.15. The van der Waals surface area contributed by atoms with Crippen LogP contribution in [-0.2, 0) is 20.7 Å². The number of aliphatic imine (C=N–C) groups is 1. The minimum atomic E-state index is -0.479. The number of hydrogen-bond donors (Lipinski definition) is 1. The molecule has 0 atom stereocenters. The van der Waals surface area contributed by atoms with Crippen LogP contribution in [0.2, 0.25) is 0 Å². The summed E-state index contributed by atoms with van der Waals surface area (Å²) in [5, 5.41) is 3.11. The van der Waals surface area contributed by atoms with Gasteiger partial charge in [-0.3, -0.25) is 14.5 Å². The van der Waals surface area contributed by atoms with Crippen LogP contribution in [0.25, 0.3) is 6.08 Å². The summed E-state index contributed by atoms with van der Waals surface area (Å²) in [7, 11) is 2.93. The number of likely N-dealkylation sites (N-methyl/N-ethyl adjacent to an activating group) is 1. The summed E-state index contributed by atoms with van der Waals surface area (Å²) in [6.45, 7) is 5.68. The van der Waals surface area contributed by atoms with Gasteiger partial charge in [-0.2, -0.15) is 0 Å². The van der Waals surface area contributed by atoms with Crippen LogP contribution in [0, 0.1) is 5.82 Å². The van der Waals surface area contributed by atoms with Crippen molar-refractivity contribution in [3.8, 4) is 11.5 Å². The first kappa shape index (κ1) is 31.0. The number of halogens is 1. The minimum Gasteiger partial charge on any atom is -0.490 e. The zero-order valence-electron chi connectivity index (χ0n) is 23.9. The predicted molar refractivity (Wildman–Crippen MR) is 165 cm³/mol. The maximum Gasteiger partial charge on any atom is 0.337 e. The summed E-state index contributed by atoms with van der Waals surface area (Å²) in [5.41, 5.74) is 2.69. The van der Waals surface area contributed by atoms with Crippen LogP contribution in [0.5, 0.6) is 11.5 Å². The molecule has 1 aliphatic rings. The van der Waals surface area contributed by atoms with Gasteiger partial charge < -0.3 is 19.5 Å². The lowest BCUT2D eigenvalue weighted by molar-refractivity contribution is -0.121. The van der Waals surface area contributed by atoms with Gasteiger partial charge in [0.1, 0.15) is 5.82 Å². The number of nitrogens with one attached hydrogen (secondary N) is 1. The number of hydrogen-bond acceptors (Lipinski definition) is 8. The molecular weight excluding hydrogens is 573 g/mol. The number of benzene rings is 3. The summed E-state index contributed by atoms with van der Waals surface area (Å²) in [6.07, 6.45) is 3.84. The zero-order valence-corrected chi connectivity index (χ0v) is 24.7. The van der Waals surface area contributed by atoms with Gasteiger partial charge in [-0.05, 0) is 91.3 Å². The fourth-order valence-corrected chi connectivity index (χ4v) is 5.09. The van der Waals surface area contributed by atoms with E-state index < -0.39 is 17.7 Å². The molecule has 222 valence electrons. The molecule has 3 aromatic rings. The second-order valence-corrected chi connectivity index (χ2v) is 10.2. The number of amidine groups is 1. The Labute approximate surface area is 253 Å². The Hall–Kier alpha value is -4.90. The smallest absolute Gasteiger partial charge is 0.337 e. The molecule has 9 nitrogen and oxygen atoms in total. The van der Waals surface area contributed by atoms with E-state index in [1.807, 2.05) is 13.0 Å². The average molecular weight is 604 g/mol. The molecule has 1 N–H and O–H groups in total. The Balaban J connectivity index is 1.58. The number of carbonyl (C=O) groups excluding carboxylic acids is 3. The number of anilines is 1. The molecule has 1 saturated heterocycles. The molecule has 1 aliphatic heterocycles. The first-order valence-corrected chi connectivity index (χ1v) is 14.1. The largest absolute Gasteiger partial charge is 0.490 e. The lowest BCUT2D eigenvalue weighted by Crippen LogP contribution is -2.23. The van der Waals surface area contributed by atoms with Crippen molar-refractivity contribution in [2.45, 2.75) is 13.3 Å². The molecule has 0 aliphatic carbocycles. The molecule has 4 rings (SSSR count). The second kappa shape index (κ2) is 14.3. The number of carbonyl (C=O) groups is 3. The SMILES string of the molecule is C=CCc1cc(C=C2SC(=Nc3cccc(C(=O)OC)c3)N(C)C2=O)cc(OCC)c1OCC(=O)Nc1ccc(F)cc1. The number of esters is 1. The molecule has 0 bridgehead atoms. The number of nitrogens with zero attached hydrogens (tertiary/aromatic N) is 2. The molecular formula is C32H30FN3O6S. The fourth-order valence-electron chi connectivity index (χ4n) is 4.10. The van der Waals surface area contributed by atoms with E-state index in [2.05, 4.69) is 16.9 Å². The third-order valence-electron chi connectivity index (χ3n) is 6.09. The highest BCUT2D eigenvalue weighted by molar-refractivity contribution is 8.18. The summed E-state index contributed by atoms with van der Waals surface area (Å²) in [6, 6.07) is 15.6. The van der Waals surface area contributed by atoms with Gasteiger partial charge in [0.05, 0.1) is 29.9 Å². The first-order valence-electron chi connectivity index (χ1n) is 13.3. The highest BCUT2D eigenvalue weighted by Crippen LogP contribution is 2.38. The molecule has 1 fully saturated rings. The first-order chi connectivity index (χ1) is 20.7. The molecule has 0 saturated carbocycles. The van der Waals surface area contributed by atoms with Crippen molar-refractivity contribution in [1.82, 2.24) is 4.90 Å². The molecule has 0 aromatic heterocycles. The maximum atomic E-state index is 13.2. The standard InChI is InChI=1S/C32H30FN3O6S/c1-5-8-21-15-20(16-26(41-6-2)29(21)42-19-28(37)34-24-13-11-23(33)12-14-24)17-27-30(38)36(3)32(43-27)35-25-10-7-9-22(18-25)31(39)40-4/h5,7,9-18H,1,6,8,19H2,2-4H3,(H,34,37). The Bertz CT molecular complexity index is 1600. The van der Waals surface area contributed by atoms with Gasteiger partial charge in [0.25, 0.3) is 11.8 Å². The van der Waals surface area contributed by atoms with Gasteiger partial charge in [-0.15, -0.1) is 6.58 Å². The van der Waals surface area contributed by atoms with Crippen molar-refractivity contribution in [3.63, 3.8) is 0 Å². The van der Waals surface area contributed by atoms with Crippen LogP contribution < -0.4 is 14.8 Å². The summed E-state index contributed by atoms with van der Waals surface area (Å²) >= 11 is 1.20. The zero-order chi connectivity index (χ0) is 30.9. The van der Waals surface area contributed by atoms with Gasteiger partial charge in [-0.1, -0.05) is 12.1 Å². The molecule has 43 heavy (non-hydrogen) atoms. The van der Waals surface area contributed by atoms with Crippen LogP contribution in [0.4, 0.5) is 15.8 Å². The second-order valence-electron chi connectivity index (χ2n) is 9.19. The monoisotopic (exact) mass is 603 g/mol. The van der Waals surface area contributed by atoms with Crippen molar-refractivity contribution in [3.05, 3.63) is 101 Å². The van der Waals surface area contributed by atoms with Crippen molar-refractivity contribution < 1.29 is 33.0 Å². The lowest BCUT2D eigenvalue weighted by Gasteiger charge is -2.17. The van der Waals surface area contributed by atoms with Crippen LogP contribution in [0.15, 0.2) is 83.2 Å². The van der Waals surface area contributed by atoms with Gasteiger partial charge in [0.15, 0.2) is 23.3 Å². The van der Waals surface area contributed by atoms with Crippen LogP contribution in [0.1, 0.15) is 28.4 Å². The van der Waals surface area contributed by atoms with E-state index in [1.54, 1.807) is 49.5 Å². The van der Waals surface area contributed by atoms with Crippen LogP contribution in [0.3, 0.4) is 0 Å². The highest BCUT2D eigenvalue weighted by Gasteiger charge is 2.30. The molecule has 0 radical (unpaired) electrons. The lowest BCUT2D eigenvalue weighted by atomic mass is 10.0. The van der Waals surface area contributed by atoms with Crippen molar-refractivity contribution in [1.29, 1.82) is 0 Å². The number of thioether (sulfide) groups is 1. The topological polar surface area (TPSA) is 107 Å². The van der Waals surface area contributed by atoms with E-state index in [0.717, 1.165) is 0 Å². The molecule has 11 heteroatoms. The summed E-state index contributed by atoms with van der Waals surface area (Å²) in [5.74, 6) is -0.766. The molecule has 0 spiro atoms. The maximum absolute atomic E-state index is 13.2. The average Bonchev–Trinajstić information content (AvgIpc) is 3.25. The summed E-state index contributed by atoms with van der Waals surface area (Å²) in [4.78, 5) is 44.0. The Morgan fingerprint density at radius 1 is 1.12 bits per heavy atom. The number of ether oxygens (including phenoxy) is 3. The number of rotatable bonds is 11. The number of methoxy groups -OCH3 is 1. The van der Waals surface area contributed by atoms with Crippen LogP contribution >= 0.6 is 11.8 Å². The van der Waals surface area contributed by atoms with E-state index in [9.17, 15) is 18.8 Å². The minimum absolute atomic E-state index is 0.242. The van der Waals surface area contributed by atoms with Crippen molar-refractivity contribution in [2.24, 2.45) is 4.99 Å². The van der Waals surface area contributed by atoms with E-state index in [4.69, 9.17) is 14.2 Å². The molecule has 3 aromatic carbocycles. The van der Waals surface area contributed by atoms with Crippen LogP contribution in [-0.4, -0.2) is 55.2 Å². The van der Waals surface area contributed by atoms with E-state index in [-0.39, 0.29) is 12.5 Å². The number of allylic oxidation sites excluding steroid dienone is 1. The Morgan fingerprint density at radius 2 is 1.88 bits per heavy atom. The third kappa shape index (κ3) is 7.89. The molecule has 1 heterocycles. The van der Waals surface area contributed by atoms with E-state index >= 15 is 0 Å². The molecule has 2 amide bonds. The molecule has 0 unspecified atom stereocenters. The van der Waals surface area contributed by atoms with Gasteiger partial charge in [0, 0.05) is 18.3 Å². The van der Waals surface area contributed by atoms with Crippen molar-refractivity contribution >= 4 is 52.2 Å². The quantitative estimate of drug-likeness (QED) is 0.163. The van der Waals surface area contributed by atoms with Crippen molar-refractivity contribution in [2.75, 3.05) is 32.7 Å².